The number of benzene rings is 1. The van der Waals surface area contributed by atoms with Gasteiger partial charge in [0.25, 0.3) is 0 Å². The van der Waals surface area contributed by atoms with Gasteiger partial charge >= 0.3 is 0 Å². The fraction of sp³-hybridized carbons (Fsp3) is 0.611. The Morgan fingerprint density at radius 1 is 1.23 bits per heavy atom. The second-order valence-electron chi connectivity index (χ2n) is 6.39. The second kappa shape index (κ2) is 5.49. The van der Waals surface area contributed by atoms with Gasteiger partial charge in [-0.05, 0) is 42.0 Å². The third-order valence-electron chi connectivity index (χ3n) is 5.61. The summed E-state index contributed by atoms with van der Waals surface area (Å²) >= 11 is 0. The van der Waals surface area contributed by atoms with Crippen LogP contribution >= 0.6 is 0 Å². The SMILES string of the molecule is CCC(C)C12CCC(=O)N1CCc1cc(OC)c(OC)cc12. The monoisotopic (exact) mass is 303 g/mol. The maximum absolute atomic E-state index is 12.4. The van der Waals surface area contributed by atoms with Crippen molar-refractivity contribution in [3.63, 3.8) is 0 Å². The zero-order valence-corrected chi connectivity index (χ0v) is 13.9. The molecule has 2 atom stereocenters. The van der Waals surface area contributed by atoms with Crippen molar-refractivity contribution >= 4 is 5.91 Å². The molecule has 2 aliphatic rings. The lowest BCUT2D eigenvalue weighted by molar-refractivity contribution is -0.133. The summed E-state index contributed by atoms with van der Waals surface area (Å²) < 4.78 is 11.0. The fourth-order valence-electron chi connectivity index (χ4n) is 4.27. The number of nitrogens with zero attached hydrogens (tertiary/aromatic N) is 1. The van der Waals surface area contributed by atoms with E-state index in [2.05, 4.69) is 30.9 Å². The summed E-state index contributed by atoms with van der Waals surface area (Å²) in [7, 11) is 3.34. The van der Waals surface area contributed by atoms with Crippen molar-refractivity contribution < 1.29 is 14.3 Å². The molecule has 4 nitrogen and oxygen atoms in total. The number of amides is 1. The molecule has 120 valence electrons. The van der Waals surface area contributed by atoms with Crippen molar-refractivity contribution in [2.75, 3.05) is 20.8 Å². The van der Waals surface area contributed by atoms with E-state index in [1.54, 1.807) is 14.2 Å². The molecule has 2 heterocycles. The minimum Gasteiger partial charge on any atom is -0.493 e. The number of rotatable bonds is 4. The molecule has 22 heavy (non-hydrogen) atoms. The standard InChI is InChI=1S/C18H25NO3/c1-5-12(2)18-8-6-17(20)19(18)9-7-13-10-15(21-3)16(22-4)11-14(13)18/h10-12H,5-9H2,1-4H3. The minimum atomic E-state index is -0.168. The lowest BCUT2D eigenvalue weighted by atomic mass is 9.71. The summed E-state index contributed by atoms with van der Waals surface area (Å²) in [5.41, 5.74) is 2.39. The van der Waals surface area contributed by atoms with Crippen LogP contribution in [0.15, 0.2) is 12.1 Å². The van der Waals surface area contributed by atoms with E-state index >= 15 is 0 Å². The summed E-state index contributed by atoms with van der Waals surface area (Å²) in [5, 5.41) is 0. The molecule has 1 amide bonds. The van der Waals surface area contributed by atoms with Crippen molar-refractivity contribution in [2.24, 2.45) is 5.92 Å². The average Bonchev–Trinajstić information content (AvgIpc) is 2.91. The first-order valence-corrected chi connectivity index (χ1v) is 8.14. The normalized spacial score (nSPS) is 24.7. The van der Waals surface area contributed by atoms with Crippen LogP contribution < -0.4 is 9.47 Å². The summed E-state index contributed by atoms with van der Waals surface area (Å²) in [6.07, 6.45) is 3.50. The molecule has 0 aliphatic carbocycles. The fourth-order valence-corrected chi connectivity index (χ4v) is 4.27. The van der Waals surface area contributed by atoms with Gasteiger partial charge in [-0.2, -0.15) is 0 Å². The molecular formula is C18H25NO3. The van der Waals surface area contributed by atoms with E-state index < -0.39 is 0 Å². The molecule has 1 aromatic carbocycles. The van der Waals surface area contributed by atoms with Gasteiger partial charge < -0.3 is 14.4 Å². The van der Waals surface area contributed by atoms with E-state index in [-0.39, 0.29) is 5.54 Å². The van der Waals surface area contributed by atoms with Crippen LogP contribution in [0, 0.1) is 5.92 Å². The Morgan fingerprint density at radius 3 is 2.55 bits per heavy atom. The Hall–Kier alpha value is -1.71. The highest BCUT2D eigenvalue weighted by atomic mass is 16.5. The Balaban J connectivity index is 2.20. The summed E-state index contributed by atoms with van der Waals surface area (Å²) in [6, 6.07) is 4.20. The van der Waals surface area contributed by atoms with Gasteiger partial charge in [-0.3, -0.25) is 4.79 Å². The van der Waals surface area contributed by atoms with Crippen molar-refractivity contribution in [3.8, 4) is 11.5 Å². The van der Waals surface area contributed by atoms with Crippen molar-refractivity contribution in [1.82, 2.24) is 4.90 Å². The van der Waals surface area contributed by atoms with Gasteiger partial charge in [-0.15, -0.1) is 0 Å². The third-order valence-corrected chi connectivity index (χ3v) is 5.61. The minimum absolute atomic E-state index is 0.168. The Labute approximate surface area is 132 Å². The number of hydrogen-bond acceptors (Lipinski definition) is 3. The van der Waals surface area contributed by atoms with E-state index in [4.69, 9.17) is 9.47 Å². The number of ether oxygens (including phenoxy) is 2. The quantitative estimate of drug-likeness (QED) is 0.858. The molecule has 0 bridgehead atoms. The number of fused-ring (bicyclic) bond motifs is 3. The largest absolute Gasteiger partial charge is 0.493 e. The molecule has 4 heteroatoms. The summed E-state index contributed by atoms with van der Waals surface area (Å²) in [4.78, 5) is 14.5. The third kappa shape index (κ3) is 1.93. The molecule has 1 aromatic rings. The number of carbonyl (C=O) groups is 1. The maximum Gasteiger partial charge on any atom is 0.223 e. The molecule has 2 unspecified atom stereocenters. The van der Waals surface area contributed by atoms with Crippen molar-refractivity contribution in [3.05, 3.63) is 23.3 Å². The van der Waals surface area contributed by atoms with Crippen LogP contribution in [-0.4, -0.2) is 31.6 Å². The number of methoxy groups -OCH3 is 2. The van der Waals surface area contributed by atoms with Crippen molar-refractivity contribution in [1.29, 1.82) is 0 Å². The predicted octanol–water partition coefficient (Wildman–Crippen LogP) is 3.12. The molecule has 0 radical (unpaired) electrons. The van der Waals surface area contributed by atoms with Crippen LogP contribution in [0.5, 0.6) is 11.5 Å². The van der Waals surface area contributed by atoms with Gasteiger partial charge in [0, 0.05) is 13.0 Å². The zero-order chi connectivity index (χ0) is 15.9. The van der Waals surface area contributed by atoms with Gasteiger partial charge in [-0.1, -0.05) is 20.3 Å². The topological polar surface area (TPSA) is 38.8 Å². The average molecular weight is 303 g/mol. The lowest BCUT2D eigenvalue weighted by Crippen LogP contribution is -2.51. The van der Waals surface area contributed by atoms with Gasteiger partial charge in [-0.25, -0.2) is 0 Å². The maximum atomic E-state index is 12.4. The highest BCUT2D eigenvalue weighted by Crippen LogP contribution is 2.51. The lowest BCUT2D eigenvalue weighted by Gasteiger charge is -2.48. The molecule has 0 spiro atoms. The molecule has 0 aromatic heterocycles. The van der Waals surface area contributed by atoms with Gasteiger partial charge in [0.1, 0.15) is 0 Å². The first-order chi connectivity index (χ1) is 10.6. The molecule has 1 saturated heterocycles. The number of hydrogen-bond donors (Lipinski definition) is 0. The summed E-state index contributed by atoms with van der Waals surface area (Å²) in [6.45, 7) is 5.28. The summed E-state index contributed by atoms with van der Waals surface area (Å²) in [5.74, 6) is 2.25. The van der Waals surface area contributed by atoms with Crippen LogP contribution in [0.3, 0.4) is 0 Å². The van der Waals surface area contributed by atoms with Crippen LogP contribution in [0.4, 0.5) is 0 Å². The molecule has 0 N–H and O–H groups in total. The number of carbonyl (C=O) groups excluding carboxylic acids is 1. The van der Waals surface area contributed by atoms with Crippen molar-refractivity contribution in [2.45, 2.75) is 45.1 Å². The van der Waals surface area contributed by atoms with E-state index in [0.29, 0.717) is 18.2 Å². The van der Waals surface area contributed by atoms with Crippen LogP contribution in [0.1, 0.15) is 44.2 Å². The van der Waals surface area contributed by atoms with Gasteiger partial charge in [0.05, 0.1) is 19.8 Å². The predicted molar refractivity (Wildman–Crippen MR) is 85.3 cm³/mol. The highest BCUT2D eigenvalue weighted by Gasteiger charge is 2.52. The molecule has 3 rings (SSSR count). The Kier molecular flexibility index (Phi) is 3.79. The second-order valence-corrected chi connectivity index (χ2v) is 6.39. The van der Waals surface area contributed by atoms with Crippen LogP contribution in [0.25, 0.3) is 0 Å². The van der Waals surface area contributed by atoms with Crippen LogP contribution in [0.2, 0.25) is 0 Å². The Morgan fingerprint density at radius 2 is 1.91 bits per heavy atom. The molecule has 0 saturated carbocycles. The highest BCUT2D eigenvalue weighted by molar-refractivity contribution is 5.81. The molecular weight excluding hydrogens is 278 g/mol. The molecule has 1 fully saturated rings. The van der Waals surface area contributed by atoms with E-state index in [1.165, 1.54) is 11.1 Å². The van der Waals surface area contributed by atoms with E-state index in [1.807, 2.05) is 0 Å². The van der Waals surface area contributed by atoms with Gasteiger partial charge in [0.15, 0.2) is 11.5 Å². The van der Waals surface area contributed by atoms with Crippen LogP contribution in [-0.2, 0) is 16.8 Å². The first kappa shape index (κ1) is 15.2. The zero-order valence-electron chi connectivity index (χ0n) is 13.9. The smallest absolute Gasteiger partial charge is 0.223 e. The Bertz CT molecular complexity index is 598. The van der Waals surface area contributed by atoms with E-state index in [0.717, 1.165) is 37.3 Å². The molecule has 2 aliphatic heterocycles. The van der Waals surface area contributed by atoms with Gasteiger partial charge in [0.2, 0.25) is 5.91 Å². The van der Waals surface area contributed by atoms with E-state index in [9.17, 15) is 4.79 Å². The first-order valence-electron chi connectivity index (χ1n) is 8.14.